The molecule has 1 aromatic carbocycles. The van der Waals surface area contributed by atoms with Crippen LogP contribution >= 0.6 is 35.0 Å². The van der Waals surface area contributed by atoms with E-state index < -0.39 is 5.06 Å². The molecular weight excluding hydrogens is 363 g/mol. The summed E-state index contributed by atoms with van der Waals surface area (Å²) in [5.74, 6) is 0.504. The number of aromatic nitrogens is 2. The van der Waals surface area contributed by atoms with Crippen molar-refractivity contribution in [1.29, 1.82) is 0 Å². The molecule has 0 saturated carbocycles. The molecule has 2 aromatic rings. The minimum atomic E-state index is -0.922. The summed E-state index contributed by atoms with van der Waals surface area (Å²) >= 11 is 14.5. The molecular formula is C18H18Cl2N2OS. The third-order valence-corrected chi connectivity index (χ3v) is 5.41. The molecule has 0 fully saturated rings. The van der Waals surface area contributed by atoms with Gasteiger partial charge in [-0.2, -0.15) is 0 Å². The van der Waals surface area contributed by atoms with Gasteiger partial charge < -0.3 is 9.30 Å². The van der Waals surface area contributed by atoms with Gasteiger partial charge in [0.25, 0.3) is 0 Å². The topological polar surface area (TPSA) is 27.1 Å². The fourth-order valence-corrected chi connectivity index (χ4v) is 3.98. The minimum Gasteiger partial charge on any atom is -0.344 e. The number of halogens is 2. The predicted octanol–water partition coefficient (Wildman–Crippen LogP) is 5.28. The fraction of sp³-hybridized carbons (Fsp3) is 0.278. The van der Waals surface area contributed by atoms with Crippen LogP contribution < -0.4 is 0 Å². The van der Waals surface area contributed by atoms with Crippen LogP contribution in [-0.2, 0) is 11.3 Å². The van der Waals surface area contributed by atoms with Crippen molar-refractivity contribution < 1.29 is 4.74 Å². The number of alkyl halides is 1. The summed E-state index contributed by atoms with van der Waals surface area (Å²) in [5.41, 5.74) is 0. The molecule has 126 valence electrons. The molecule has 0 spiro atoms. The SMILES string of the molecule is ClC1=CC(Cl)(OCSc2ccccc2)C(CCn2ccnc2)C=C1. The molecule has 3 nitrogen and oxygen atoms in total. The van der Waals surface area contributed by atoms with Crippen molar-refractivity contribution in [1.82, 2.24) is 9.55 Å². The Morgan fingerprint density at radius 1 is 1.29 bits per heavy atom. The van der Waals surface area contributed by atoms with Crippen LogP contribution in [-0.4, -0.2) is 20.6 Å². The second kappa shape index (κ2) is 8.26. The number of imidazole rings is 1. The highest BCUT2D eigenvalue weighted by Gasteiger charge is 2.36. The largest absolute Gasteiger partial charge is 0.344 e. The molecule has 0 amide bonds. The third-order valence-electron chi connectivity index (χ3n) is 3.83. The summed E-state index contributed by atoms with van der Waals surface area (Å²) in [6.45, 7) is 0.824. The van der Waals surface area contributed by atoms with Crippen LogP contribution in [0.1, 0.15) is 6.42 Å². The fourth-order valence-electron chi connectivity index (χ4n) is 2.54. The van der Waals surface area contributed by atoms with Crippen LogP contribution in [0.15, 0.2) is 77.2 Å². The number of benzene rings is 1. The lowest BCUT2D eigenvalue weighted by Gasteiger charge is -2.33. The lowest BCUT2D eigenvalue weighted by atomic mass is 9.93. The summed E-state index contributed by atoms with van der Waals surface area (Å²) in [5, 5.41) is -0.317. The second-order valence-electron chi connectivity index (χ2n) is 5.50. The van der Waals surface area contributed by atoms with E-state index in [1.54, 1.807) is 30.4 Å². The first-order valence-electron chi connectivity index (χ1n) is 7.69. The Morgan fingerprint density at radius 3 is 2.88 bits per heavy atom. The Labute approximate surface area is 156 Å². The van der Waals surface area contributed by atoms with E-state index in [9.17, 15) is 0 Å². The van der Waals surface area contributed by atoms with Gasteiger partial charge in [0.15, 0.2) is 5.06 Å². The smallest absolute Gasteiger partial charge is 0.169 e. The van der Waals surface area contributed by atoms with Crippen LogP contribution in [0.4, 0.5) is 0 Å². The number of hydrogen-bond acceptors (Lipinski definition) is 3. The van der Waals surface area contributed by atoms with E-state index in [1.807, 2.05) is 41.1 Å². The zero-order valence-electron chi connectivity index (χ0n) is 13.0. The van der Waals surface area contributed by atoms with Gasteiger partial charge in [-0.05, 0) is 30.7 Å². The van der Waals surface area contributed by atoms with E-state index in [0.29, 0.717) is 11.0 Å². The van der Waals surface area contributed by atoms with Crippen molar-refractivity contribution in [3.63, 3.8) is 0 Å². The number of rotatable bonds is 7. The molecule has 1 aromatic heterocycles. The molecule has 1 aliphatic rings. The first kappa shape index (κ1) is 17.6. The number of allylic oxidation sites excluding steroid dienone is 2. The highest BCUT2D eigenvalue weighted by molar-refractivity contribution is 7.99. The van der Waals surface area contributed by atoms with E-state index in [1.165, 1.54) is 0 Å². The monoisotopic (exact) mass is 380 g/mol. The van der Waals surface area contributed by atoms with Gasteiger partial charge in [0, 0.05) is 34.8 Å². The number of hydrogen-bond donors (Lipinski definition) is 0. The van der Waals surface area contributed by atoms with Gasteiger partial charge in [0.05, 0.1) is 12.3 Å². The maximum Gasteiger partial charge on any atom is 0.169 e. The van der Waals surface area contributed by atoms with Gasteiger partial charge in [0.1, 0.15) is 0 Å². The van der Waals surface area contributed by atoms with Crippen LogP contribution in [0.3, 0.4) is 0 Å². The van der Waals surface area contributed by atoms with Crippen molar-refractivity contribution in [3.05, 3.63) is 72.3 Å². The van der Waals surface area contributed by atoms with E-state index >= 15 is 0 Å². The van der Waals surface area contributed by atoms with Gasteiger partial charge >= 0.3 is 0 Å². The lowest BCUT2D eigenvalue weighted by molar-refractivity contribution is 0.0524. The molecule has 0 aliphatic heterocycles. The highest BCUT2D eigenvalue weighted by atomic mass is 35.5. The van der Waals surface area contributed by atoms with Crippen molar-refractivity contribution in [2.45, 2.75) is 22.9 Å². The van der Waals surface area contributed by atoms with Gasteiger partial charge in [-0.1, -0.05) is 59.2 Å². The number of nitrogens with zero attached hydrogens (tertiary/aromatic N) is 2. The molecule has 0 radical (unpaired) electrons. The average molecular weight is 381 g/mol. The third kappa shape index (κ3) is 4.67. The molecule has 0 bridgehead atoms. The molecule has 6 heteroatoms. The standard InChI is InChI=1S/C18H18Cl2N2OS/c19-16-7-6-15(8-10-22-11-9-21-13-22)18(20,12-16)23-14-24-17-4-2-1-3-5-17/h1-7,9,11-13,15H,8,10,14H2. The summed E-state index contributed by atoms with van der Waals surface area (Å²) in [4.78, 5) is 5.21. The molecule has 1 aliphatic carbocycles. The normalized spacial score (nSPS) is 23.2. The van der Waals surface area contributed by atoms with E-state index in [2.05, 4.69) is 17.1 Å². The van der Waals surface area contributed by atoms with Gasteiger partial charge in [0.2, 0.25) is 0 Å². The lowest BCUT2D eigenvalue weighted by Crippen LogP contribution is -2.34. The molecule has 2 atom stereocenters. The Kier molecular flexibility index (Phi) is 6.06. The molecule has 24 heavy (non-hydrogen) atoms. The Morgan fingerprint density at radius 2 is 2.12 bits per heavy atom. The van der Waals surface area contributed by atoms with Crippen molar-refractivity contribution in [2.75, 3.05) is 5.94 Å². The number of ether oxygens (including phenoxy) is 1. The maximum absolute atomic E-state index is 6.77. The van der Waals surface area contributed by atoms with Crippen molar-refractivity contribution in [3.8, 4) is 0 Å². The highest BCUT2D eigenvalue weighted by Crippen LogP contribution is 2.39. The Bertz CT molecular complexity index is 703. The summed E-state index contributed by atoms with van der Waals surface area (Å²) in [6, 6.07) is 10.1. The molecule has 0 saturated heterocycles. The zero-order valence-corrected chi connectivity index (χ0v) is 15.3. The van der Waals surface area contributed by atoms with E-state index in [0.717, 1.165) is 17.9 Å². The Hall–Kier alpha value is -1.20. The van der Waals surface area contributed by atoms with Crippen LogP contribution in [0.5, 0.6) is 0 Å². The van der Waals surface area contributed by atoms with Crippen LogP contribution in [0, 0.1) is 5.92 Å². The first-order chi connectivity index (χ1) is 11.7. The average Bonchev–Trinajstić information content (AvgIpc) is 3.08. The van der Waals surface area contributed by atoms with Gasteiger partial charge in [-0.25, -0.2) is 4.98 Å². The maximum atomic E-state index is 6.77. The minimum absolute atomic E-state index is 0.0421. The van der Waals surface area contributed by atoms with Crippen molar-refractivity contribution in [2.24, 2.45) is 5.92 Å². The van der Waals surface area contributed by atoms with Crippen molar-refractivity contribution >= 4 is 35.0 Å². The number of thioether (sulfide) groups is 1. The molecule has 1 heterocycles. The molecule has 3 rings (SSSR count). The first-order valence-corrected chi connectivity index (χ1v) is 9.43. The zero-order chi connectivity index (χ0) is 16.8. The van der Waals surface area contributed by atoms with Gasteiger partial charge in [-0.3, -0.25) is 0 Å². The Balaban J connectivity index is 1.60. The number of aryl methyl sites for hydroxylation is 1. The molecule has 0 N–H and O–H groups in total. The summed E-state index contributed by atoms with van der Waals surface area (Å²) < 4.78 is 8.05. The molecule has 2 unspecified atom stereocenters. The van der Waals surface area contributed by atoms with E-state index in [4.69, 9.17) is 27.9 Å². The van der Waals surface area contributed by atoms with Crippen LogP contribution in [0.2, 0.25) is 0 Å². The quantitative estimate of drug-likeness (QED) is 0.371. The van der Waals surface area contributed by atoms with Gasteiger partial charge in [-0.15, -0.1) is 0 Å². The second-order valence-corrected chi connectivity index (χ2v) is 7.52. The summed E-state index contributed by atoms with van der Waals surface area (Å²) in [7, 11) is 0. The summed E-state index contributed by atoms with van der Waals surface area (Å²) in [6.07, 6.45) is 12.1. The van der Waals surface area contributed by atoms with E-state index in [-0.39, 0.29) is 5.92 Å². The van der Waals surface area contributed by atoms with Crippen LogP contribution in [0.25, 0.3) is 0 Å². The predicted molar refractivity (Wildman–Crippen MR) is 100 cm³/mol.